The summed E-state index contributed by atoms with van der Waals surface area (Å²) < 4.78 is 49.6. The molecule has 0 atom stereocenters. The van der Waals surface area contributed by atoms with E-state index in [2.05, 4.69) is 5.32 Å². The molecule has 0 aliphatic rings. The molecule has 0 bridgehead atoms. The molecule has 0 aliphatic heterocycles. The van der Waals surface area contributed by atoms with Crippen LogP contribution in [-0.4, -0.2) is 13.0 Å². The van der Waals surface area contributed by atoms with Crippen molar-refractivity contribution in [2.24, 2.45) is 0 Å². The van der Waals surface area contributed by atoms with Crippen LogP contribution in [0.2, 0.25) is 0 Å². The van der Waals surface area contributed by atoms with E-state index in [1.165, 1.54) is 7.05 Å². The summed E-state index contributed by atoms with van der Waals surface area (Å²) in [6.07, 6.45) is -4.59. The average molecular weight is 221 g/mol. The fourth-order valence-corrected chi connectivity index (χ4v) is 1.01. The zero-order chi connectivity index (χ0) is 11.6. The van der Waals surface area contributed by atoms with Crippen molar-refractivity contribution < 1.29 is 22.4 Å². The van der Waals surface area contributed by atoms with Crippen LogP contribution in [0, 0.1) is 5.82 Å². The van der Waals surface area contributed by atoms with Crippen molar-refractivity contribution in [1.82, 2.24) is 5.32 Å². The maximum atomic E-state index is 13.0. The smallest absolute Gasteiger partial charge is 0.355 e. The molecule has 1 aromatic rings. The van der Waals surface area contributed by atoms with Gasteiger partial charge in [-0.1, -0.05) is 0 Å². The first-order chi connectivity index (χ1) is 6.86. The Morgan fingerprint density at radius 2 is 1.93 bits per heavy atom. The average Bonchev–Trinajstić information content (AvgIpc) is 2.15. The molecule has 82 valence electrons. The van der Waals surface area contributed by atoms with Crippen LogP contribution in [0.4, 0.5) is 17.6 Å². The number of rotatable bonds is 1. The van der Waals surface area contributed by atoms with Crippen molar-refractivity contribution in [1.29, 1.82) is 0 Å². The highest BCUT2D eigenvalue weighted by Gasteiger charge is 2.31. The lowest BCUT2D eigenvalue weighted by atomic mass is 10.1. The van der Waals surface area contributed by atoms with Gasteiger partial charge in [-0.3, -0.25) is 4.79 Å². The largest absolute Gasteiger partial charge is 0.416 e. The van der Waals surface area contributed by atoms with E-state index in [0.29, 0.717) is 18.2 Å². The number of halogens is 4. The zero-order valence-electron chi connectivity index (χ0n) is 7.65. The molecule has 0 saturated heterocycles. The van der Waals surface area contributed by atoms with Gasteiger partial charge in [0.05, 0.1) is 11.1 Å². The van der Waals surface area contributed by atoms with Gasteiger partial charge in [-0.25, -0.2) is 4.39 Å². The first kappa shape index (κ1) is 11.5. The number of amides is 1. The van der Waals surface area contributed by atoms with E-state index in [-0.39, 0.29) is 0 Å². The topological polar surface area (TPSA) is 29.1 Å². The monoisotopic (exact) mass is 221 g/mol. The number of alkyl halides is 3. The number of benzene rings is 1. The van der Waals surface area contributed by atoms with Crippen molar-refractivity contribution in [2.45, 2.75) is 6.18 Å². The molecule has 0 aromatic heterocycles. The Labute approximate surface area is 82.9 Å². The van der Waals surface area contributed by atoms with E-state index >= 15 is 0 Å². The third kappa shape index (κ3) is 2.45. The summed E-state index contributed by atoms with van der Waals surface area (Å²) in [6.45, 7) is 0. The summed E-state index contributed by atoms with van der Waals surface area (Å²) in [5.41, 5.74) is -1.67. The second-order valence-corrected chi connectivity index (χ2v) is 2.77. The van der Waals surface area contributed by atoms with Crippen molar-refractivity contribution >= 4 is 5.91 Å². The normalized spacial score (nSPS) is 11.3. The Bertz CT molecular complexity index is 386. The number of carbonyl (C=O) groups excluding carboxylic acids is 1. The summed E-state index contributed by atoms with van der Waals surface area (Å²) in [6, 6.07) is 1.68. The van der Waals surface area contributed by atoms with Gasteiger partial charge in [-0.15, -0.1) is 0 Å². The van der Waals surface area contributed by atoms with Gasteiger partial charge < -0.3 is 5.32 Å². The molecule has 1 rings (SSSR count). The quantitative estimate of drug-likeness (QED) is 0.723. The molecule has 0 aliphatic carbocycles. The van der Waals surface area contributed by atoms with Crippen molar-refractivity contribution in [3.05, 3.63) is 35.1 Å². The Kier molecular flexibility index (Phi) is 2.97. The molecule has 1 aromatic carbocycles. The highest BCUT2D eigenvalue weighted by molar-refractivity contribution is 5.94. The number of hydrogen-bond acceptors (Lipinski definition) is 1. The maximum Gasteiger partial charge on any atom is 0.416 e. The van der Waals surface area contributed by atoms with E-state index in [9.17, 15) is 22.4 Å². The fraction of sp³-hybridized carbons (Fsp3) is 0.222. The molecule has 2 nitrogen and oxygen atoms in total. The molecule has 1 amide bonds. The molecular weight excluding hydrogens is 214 g/mol. The maximum absolute atomic E-state index is 13.0. The van der Waals surface area contributed by atoms with Gasteiger partial charge in [0.2, 0.25) is 0 Å². The fourth-order valence-electron chi connectivity index (χ4n) is 1.01. The lowest BCUT2D eigenvalue weighted by Crippen LogP contribution is -2.20. The van der Waals surface area contributed by atoms with Gasteiger partial charge in [0.25, 0.3) is 5.91 Å². The van der Waals surface area contributed by atoms with Gasteiger partial charge in [0.15, 0.2) is 0 Å². The first-order valence-electron chi connectivity index (χ1n) is 3.95. The molecule has 0 spiro atoms. The van der Waals surface area contributed by atoms with Crippen molar-refractivity contribution in [2.75, 3.05) is 7.05 Å². The van der Waals surface area contributed by atoms with Crippen molar-refractivity contribution in [3.63, 3.8) is 0 Å². The second-order valence-electron chi connectivity index (χ2n) is 2.77. The summed E-state index contributed by atoms with van der Waals surface area (Å²) in [5, 5.41) is 2.05. The van der Waals surface area contributed by atoms with Crippen LogP contribution in [0.5, 0.6) is 0 Å². The lowest BCUT2D eigenvalue weighted by Gasteiger charge is -2.08. The van der Waals surface area contributed by atoms with Crippen LogP contribution >= 0.6 is 0 Å². The molecule has 0 unspecified atom stereocenters. The van der Waals surface area contributed by atoms with E-state index in [1.807, 2.05) is 0 Å². The first-order valence-corrected chi connectivity index (χ1v) is 3.95. The lowest BCUT2D eigenvalue weighted by molar-refractivity contribution is -0.137. The van der Waals surface area contributed by atoms with Crippen molar-refractivity contribution in [3.8, 4) is 0 Å². The molecule has 1 N–H and O–H groups in total. The summed E-state index contributed by atoms with van der Waals surface area (Å²) in [7, 11) is 1.21. The number of nitrogens with one attached hydrogen (secondary N) is 1. The predicted molar refractivity (Wildman–Crippen MR) is 44.8 cm³/mol. The summed E-state index contributed by atoms with van der Waals surface area (Å²) in [4.78, 5) is 11.0. The van der Waals surface area contributed by atoms with Crippen LogP contribution in [-0.2, 0) is 6.18 Å². The highest BCUT2D eigenvalue weighted by Crippen LogP contribution is 2.30. The Balaban J connectivity index is 3.23. The van der Waals surface area contributed by atoms with Crippen LogP contribution < -0.4 is 5.32 Å². The molecular formula is C9H7F4NO. The van der Waals surface area contributed by atoms with Crippen LogP contribution in [0.25, 0.3) is 0 Å². The molecule has 6 heteroatoms. The van der Waals surface area contributed by atoms with E-state index in [1.54, 1.807) is 0 Å². The highest BCUT2D eigenvalue weighted by atomic mass is 19.4. The van der Waals surface area contributed by atoms with Gasteiger partial charge in [0.1, 0.15) is 5.82 Å². The molecule has 15 heavy (non-hydrogen) atoms. The molecule has 0 saturated carbocycles. The summed E-state index contributed by atoms with van der Waals surface area (Å²) >= 11 is 0. The van der Waals surface area contributed by atoms with E-state index in [4.69, 9.17) is 0 Å². The van der Waals surface area contributed by atoms with Gasteiger partial charge in [-0.05, 0) is 18.2 Å². The summed E-state index contributed by atoms with van der Waals surface area (Å²) in [5.74, 6) is -1.87. The molecule has 0 fully saturated rings. The SMILES string of the molecule is CNC(=O)c1cc(C(F)(F)F)ccc1F. The molecule has 0 heterocycles. The number of hydrogen-bond donors (Lipinski definition) is 1. The Morgan fingerprint density at radius 1 is 1.33 bits per heavy atom. The van der Waals surface area contributed by atoms with Gasteiger partial charge >= 0.3 is 6.18 Å². The second kappa shape index (κ2) is 3.88. The number of carbonyl (C=O) groups is 1. The molecule has 0 radical (unpaired) electrons. The van der Waals surface area contributed by atoms with E-state index < -0.39 is 29.0 Å². The van der Waals surface area contributed by atoms with Crippen LogP contribution in [0.1, 0.15) is 15.9 Å². The van der Waals surface area contributed by atoms with Crippen LogP contribution in [0.15, 0.2) is 18.2 Å². The Hall–Kier alpha value is -1.59. The van der Waals surface area contributed by atoms with Crippen LogP contribution in [0.3, 0.4) is 0 Å². The minimum absolute atomic E-state index is 0.480. The third-order valence-corrected chi connectivity index (χ3v) is 1.77. The van der Waals surface area contributed by atoms with Gasteiger partial charge in [-0.2, -0.15) is 13.2 Å². The Morgan fingerprint density at radius 3 is 2.40 bits per heavy atom. The standard InChI is InChI=1S/C9H7F4NO/c1-14-8(15)6-4-5(9(11,12)13)2-3-7(6)10/h2-4H,1H3,(H,14,15). The zero-order valence-corrected chi connectivity index (χ0v) is 7.65. The minimum atomic E-state index is -4.59. The minimum Gasteiger partial charge on any atom is -0.355 e. The third-order valence-electron chi connectivity index (χ3n) is 1.77. The van der Waals surface area contributed by atoms with E-state index in [0.717, 1.165) is 0 Å². The van der Waals surface area contributed by atoms with Gasteiger partial charge in [0, 0.05) is 7.05 Å². The predicted octanol–water partition coefficient (Wildman–Crippen LogP) is 2.20.